The van der Waals surface area contributed by atoms with E-state index in [4.69, 9.17) is 5.11 Å². The lowest BCUT2D eigenvalue weighted by Crippen LogP contribution is -2.05. The minimum Gasteiger partial charge on any atom is -0.481 e. The summed E-state index contributed by atoms with van der Waals surface area (Å²) >= 11 is 0. The summed E-state index contributed by atoms with van der Waals surface area (Å²) in [6, 6.07) is 0. The van der Waals surface area contributed by atoms with Gasteiger partial charge in [0.05, 0.1) is 0 Å². The summed E-state index contributed by atoms with van der Waals surface area (Å²) in [5, 5.41) is 17.7. The van der Waals surface area contributed by atoms with E-state index < -0.39 is 5.97 Å². The molecule has 0 amide bonds. The molecular formula is C32H64O3. The monoisotopic (exact) mass is 496 g/mol. The molecule has 0 aliphatic carbocycles. The van der Waals surface area contributed by atoms with Crippen LogP contribution in [0, 0.1) is 5.92 Å². The van der Waals surface area contributed by atoms with Crippen LogP contribution in [0.4, 0.5) is 0 Å². The molecule has 0 aromatic rings. The van der Waals surface area contributed by atoms with Gasteiger partial charge in [0.1, 0.15) is 0 Å². The number of rotatable bonds is 26. The Morgan fingerprint density at radius 2 is 0.971 bits per heavy atom. The first-order valence-electron chi connectivity index (χ1n) is 15.6. The molecule has 1 unspecified atom stereocenters. The summed E-state index contributed by atoms with van der Waals surface area (Å²) in [5.41, 5.74) is 0. The third-order valence-electron chi connectivity index (χ3n) is 6.84. The summed E-state index contributed by atoms with van der Waals surface area (Å²) in [7, 11) is 0. The fourth-order valence-electron chi connectivity index (χ4n) is 4.38. The smallest absolute Gasteiger partial charge is 0.303 e. The van der Waals surface area contributed by atoms with Crippen molar-refractivity contribution in [2.45, 2.75) is 175 Å². The molecule has 3 heteroatoms. The molecule has 0 rings (SSSR count). The Kier molecular flexibility index (Phi) is 34.4. The van der Waals surface area contributed by atoms with Crippen LogP contribution in [-0.4, -0.2) is 22.8 Å². The molecule has 0 radical (unpaired) electrons. The van der Waals surface area contributed by atoms with E-state index >= 15 is 0 Å². The number of aliphatic hydroxyl groups is 1. The molecule has 0 saturated carbocycles. The minimum atomic E-state index is -0.664. The number of carbonyl (C=O) groups is 1. The zero-order valence-electron chi connectivity index (χ0n) is 24.2. The van der Waals surface area contributed by atoms with Gasteiger partial charge >= 0.3 is 5.97 Å². The van der Waals surface area contributed by atoms with E-state index in [1.165, 1.54) is 135 Å². The number of unbranched alkanes of at least 4 members (excludes halogenated alkanes) is 17. The second-order valence-corrected chi connectivity index (χ2v) is 10.5. The van der Waals surface area contributed by atoms with Crippen LogP contribution in [0.5, 0.6) is 0 Å². The largest absolute Gasteiger partial charge is 0.481 e. The molecule has 3 nitrogen and oxygen atoms in total. The van der Waals surface area contributed by atoms with Crippen LogP contribution >= 0.6 is 0 Å². The van der Waals surface area contributed by atoms with Crippen molar-refractivity contribution in [1.82, 2.24) is 0 Å². The highest BCUT2D eigenvalue weighted by molar-refractivity contribution is 5.66. The van der Waals surface area contributed by atoms with Crippen LogP contribution in [0.25, 0.3) is 0 Å². The van der Waals surface area contributed by atoms with Gasteiger partial charge in [-0.15, -0.1) is 0 Å². The molecule has 0 spiro atoms. The molecule has 0 aliphatic heterocycles. The molecule has 210 valence electrons. The molecule has 0 fully saturated rings. The van der Waals surface area contributed by atoms with E-state index in [1.54, 1.807) is 0 Å². The summed E-state index contributed by atoms with van der Waals surface area (Å²) in [5.74, 6) is -0.0845. The maximum absolute atomic E-state index is 10.3. The van der Waals surface area contributed by atoms with Gasteiger partial charge in [-0.3, -0.25) is 4.79 Å². The average Bonchev–Trinajstić information content (AvgIpc) is 2.85. The second-order valence-electron chi connectivity index (χ2n) is 10.5. The highest BCUT2D eigenvalue weighted by Gasteiger charge is 2.05. The summed E-state index contributed by atoms with van der Waals surface area (Å²) in [4.78, 5) is 10.3. The van der Waals surface area contributed by atoms with Crippen LogP contribution in [0.15, 0.2) is 12.2 Å². The second kappa shape index (κ2) is 33.2. The number of aliphatic carboxylic acids is 1. The lowest BCUT2D eigenvalue weighted by atomic mass is 9.96. The van der Waals surface area contributed by atoms with Crippen molar-refractivity contribution in [3.05, 3.63) is 12.2 Å². The van der Waals surface area contributed by atoms with Crippen molar-refractivity contribution in [2.75, 3.05) is 6.61 Å². The Morgan fingerprint density at radius 1 is 0.571 bits per heavy atom. The highest BCUT2D eigenvalue weighted by atomic mass is 16.4. The Bertz CT molecular complexity index is 419. The molecule has 0 aromatic carbocycles. The van der Waals surface area contributed by atoms with Gasteiger partial charge in [-0.05, 0) is 50.9 Å². The van der Waals surface area contributed by atoms with E-state index in [1.807, 2.05) is 0 Å². The van der Waals surface area contributed by atoms with Gasteiger partial charge in [-0.25, -0.2) is 0 Å². The molecule has 0 aromatic heterocycles. The van der Waals surface area contributed by atoms with Crippen molar-refractivity contribution in [1.29, 1.82) is 0 Å². The summed E-state index contributed by atoms with van der Waals surface area (Å²) in [6.45, 7) is 7.13. The minimum absolute atomic E-state index is 0.332. The molecular weight excluding hydrogens is 432 g/mol. The Balaban J connectivity index is 0. The van der Waals surface area contributed by atoms with E-state index in [0.29, 0.717) is 18.9 Å². The summed E-state index contributed by atoms with van der Waals surface area (Å²) in [6.07, 6.45) is 34.4. The van der Waals surface area contributed by atoms with E-state index in [0.717, 1.165) is 12.8 Å². The lowest BCUT2D eigenvalue weighted by molar-refractivity contribution is -0.137. The van der Waals surface area contributed by atoms with Crippen molar-refractivity contribution in [2.24, 2.45) is 5.92 Å². The quantitative estimate of drug-likeness (QED) is 0.0924. The standard InChI is InChI=1S/C18H34O2.C14H30O/c1-2-3-4-5-6-7-8-9-10-11-12-13-14-15-16-17-18(19)20;1-3-5-7-8-9-10-12-14(13-15)11-6-4-2/h9-10H,2-8,11-17H2,1H3,(H,19,20);14-15H,3-13H2,1-2H3. The van der Waals surface area contributed by atoms with Crippen LogP contribution in [0.1, 0.15) is 175 Å². The number of hydrogen-bond donors (Lipinski definition) is 2. The van der Waals surface area contributed by atoms with Crippen molar-refractivity contribution in [3.63, 3.8) is 0 Å². The third kappa shape index (κ3) is 35.4. The van der Waals surface area contributed by atoms with E-state index in [-0.39, 0.29) is 0 Å². The zero-order chi connectivity index (χ0) is 26.2. The topological polar surface area (TPSA) is 57.5 Å². The fraction of sp³-hybridized carbons (Fsp3) is 0.906. The SMILES string of the molecule is CCCCCCCCC(CO)CCCC.CCCCCCCCC=CCCCCCCCC(=O)O. The Morgan fingerprint density at radius 3 is 1.43 bits per heavy atom. The third-order valence-corrected chi connectivity index (χ3v) is 6.84. The van der Waals surface area contributed by atoms with E-state index in [2.05, 4.69) is 32.9 Å². The first kappa shape index (κ1) is 36.3. The van der Waals surface area contributed by atoms with Crippen molar-refractivity contribution >= 4 is 5.97 Å². The number of allylic oxidation sites excluding steroid dienone is 2. The number of aliphatic hydroxyl groups excluding tert-OH is 1. The average molecular weight is 497 g/mol. The van der Waals surface area contributed by atoms with Gasteiger partial charge in [0, 0.05) is 13.0 Å². The van der Waals surface area contributed by atoms with Crippen LogP contribution in [-0.2, 0) is 4.79 Å². The lowest BCUT2D eigenvalue weighted by Gasteiger charge is -2.12. The molecule has 35 heavy (non-hydrogen) atoms. The van der Waals surface area contributed by atoms with E-state index in [9.17, 15) is 9.90 Å². The van der Waals surface area contributed by atoms with Crippen LogP contribution < -0.4 is 0 Å². The van der Waals surface area contributed by atoms with Crippen molar-refractivity contribution < 1.29 is 15.0 Å². The van der Waals surface area contributed by atoms with Crippen molar-refractivity contribution in [3.8, 4) is 0 Å². The highest BCUT2D eigenvalue weighted by Crippen LogP contribution is 2.17. The van der Waals surface area contributed by atoms with Gasteiger partial charge in [-0.2, -0.15) is 0 Å². The first-order chi connectivity index (χ1) is 17.1. The molecule has 0 heterocycles. The maximum Gasteiger partial charge on any atom is 0.303 e. The van der Waals surface area contributed by atoms with Gasteiger partial charge in [0.15, 0.2) is 0 Å². The molecule has 0 saturated heterocycles. The maximum atomic E-state index is 10.3. The van der Waals surface area contributed by atoms with Crippen LogP contribution in [0.2, 0.25) is 0 Å². The summed E-state index contributed by atoms with van der Waals surface area (Å²) < 4.78 is 0. The Labute approximate surface area is 220 Å². The van der Waals surface area contributed by atoms with Gasteiger partial charge in [0.2, 0.25) is 0 Å². The molecule has 0 bridgehead atoms. The predicted octanol–water partition coefficient (Wildman–Crippen LogP) is 10.6. The molecule has 1 atom stereocenters. The molecule has 2 N–H and O–H groups in total. The number of carboxylic acid groups (broad SMARTS) is 1. The Hall–Kier alpha value is -0.830. The normalized spacial score (nSPS) is 12.0. The predicted molar refractivity (Wildman–Crippen MR) is 155 cm³/mol. The van der Waals surface area contributed by atoms with Gasteiger partial charge in [0.25, 0.3) is 0 Å². The van der Waals surface area contributed by atoms with Gasteiger partial charge < -0.3 is 10.2 Å². The molecule has 0 aliphatic rings. The van der Waals surface area contributed by atoms with Gasteiger partial charge in [-0.1, -0.05) is 136 Å². The number of carboxylic acids is 1. The first-order valence-corrected chi connectivity index (χ1v) is 15.6. The fourth-order valence-corrected chi connectivity index (χ4v) is 4.38. The van der Waals surface area contributed by atoms with Crippen LogP contribution in [0.3, 0.4) is 0 Å². The number of hydrogen-bond acceptors (Lipinski definition) is 2. The zero-order valence-corrected chi connectivity index (χ0v) is 24.2.